The average molecular weight is 483 g/mol. The smallest absolute Gasteiger partial charge is 0.198 e. The van der Waals surface area contributed by atoms with Crippen LogP contribution in [0.25, 0.3) is 0 Å². The molecule has 0 fully saturated rings. The molecule has 3 aromatic carbocycles. The normalized spacial score (nSPS) is 12.9. The molecule has 0 amide bonds. The molecule has 0 radical (unpaired) electrons. The predicted octanol–water partition coefficient (Wildman–Crippen LogP) is 3.87. The quantitative estimate of drug-likeness (QED) is 0.286. The molecule has 8 nitrogen and oxygen atoms in total. The van der Waals surface area contributed by atoms with E-state index >= 15 is 0 Å². The van der Waals surface area contributed by atoms with Crippen molar-refractivity contribution in [2.75, 3.05) is 19.5 Å². The fourth-order valence-electron chi connectivity index (χ4n) is 3.81. The van der Waals surface area contributed by atoms with Crippen molar-refractivity contribution in [1.29, 1.82) is 0 Å². The van der Waals surface area contributed by atoms with Crippen molar-refractivity contribution in [2.24, 2.45) is 0 Å². The van der Waals surface area contributed by atoms with E-state index in [1.165, 1.54) is 36.4 Å². The number of sulfone groups is 1. The van der Waals surface area contributed by atoms with Crippen molar-refractivity contribution in [2.45, 2.75) is 17.7 Å². The summed E-state index contributed by atoms with van der Waals surface area (Å²) < 4.78 is 35.5. The zero-order valence-corrected chi connectivity index (χ0v) is 19.1. The van der Waals surface area contributed by atoms with Gasteiger partial charge in [0.25, 0.3) is 0 Å². The molecule has 0 atom stereocenters. The van der Waals surface area contributed by atoms with E-state index in [1.807, 2.05) is 0 Å². The zero-order valence-electron chi connectivity index (χ0n) is 18.3. The largest absolute Gasteiger partial charge is 0.507 e. The first kappa shape index (κ1) is 23.5. The summed E-state index contributed by atoms with van der Waals surface area (Å²) in [5, 5.41) is 21.2. The number of fused-ring (bicyclic) bond motifs is 2. The van der Waals surface area contributed by atoms with Crippen LogP contribution in [0, 0.1) is 0 Å². The fraction of sp³-hybridized carbons (Fsp3) is 0.200. The Balaban J connectivity index is 1.61. The van der Waals surface area contributed by atoms with Gasteiger partial charge in [0.05, 0.1) is 21.8 Å². The van der Waals surface area contributed by atoms with Gasteiger partial charge >= 0.3 is 0 Å². The topological polar surface area (TPSA) is 127 Å². The van der Waals surface area contributed by atoms with Crippen LogP contribution < -0.4 is 4.74 Å². The number of phenolic OH excluding ortho intramolecular Hbond substituents is 2. The summed E-state index contributed by atoms with van der Waals surface area (Å²) >= 11 is 0. The van der Waals surface area contributed by atoms with Gasteiger partial charge in [0.15, 0.2) is 32.9 Å². The summed E-state index contributed by atoms with van der Waals surface area (Å²) in [7, 11) is -1.93. The second kappa shape index (κ2) is 9.28. The Morgan fingerprint density at radius 3 is 2.09 bits per heavy atom. The maximum Gasteiger partial charge on any atom is 0.198 e. The molecular weight excluding hydrogens is 460 g/mol. The summed E-state index contributed by atoms with van der Waals surface area (Å²) in [6, 6.07) is 12.8. The molecule has 0 heterocycles. The minimum Gasteiger partial charge on any atom is -0.507 e. The molecule has 0 aromatic heterocycles. The number of methoxy groups -OCH3 is 1. The first-order chi connectivity index (χ1) is 16.2. The predicted molar refractivity (Wildman–Crippen MR) is 123 cm³/mol. The Bertz CT molecular complexity index is 1370. The number of hydrogen-bond acceptors (Lipinski definition) is 8. The standard InChI is InChI=1S/C25H22O8S/c1-32-12-4-5-13-34(30,31)16-10-8-15(9-11-16)33-20-14-19(26)21-22(25(20)29)24(28)18-7-3-2-6-17(18)23(21)27/h2-3,6-11,14,26,29H,4-5,12-13H2,1H3. The molecule has 2 N–H and O–H groups in total. The van der Waals surface area contributed by atoms with Gasteiger partial charge in [0.2, 0.25) is 0 Å². The lowest BCUT2D eigenvalue weighted by Crippen LogP contribution is -2.21. The summed E-state index contributed by atoms with van der Waals surface area (Å²) in [6.07, 6.45) is 1.09. The van der Waals surface area contributed by atoms with Gasteiger partial charge in [-0.15, -0.1) is 0 Å². The summed E-state index contributed by atoms with van der Waals surface area (Å²) in [5.41, 5.74) is -0.369. The number of phenols is 2. The minimum atomic E-state index is -3.48. The first-order valence-electron chi connectivity index (χ1n) is 10.5. The molecule has 1 aliphatic rings. The second-order valence-electron chi connectivity index (χ2n) is 7.79. The molecular formula is C25H22O8S. The molecule has 9 heteroatoms. The van der Waals surface area contributed by atoms with Crippen LogP contribution in [-0.4, -0.2) is 49.7 Å². The maximum atomic E-state index is 13.0. The van der Waals surface area contributed by atoms with E-state index in [1.54, 1.807) is 19.2 Å². The molecule has 176 valence electrons. The van der Waals surface area contributed by atoms with Crippen LogP contribution in [-0.2, 0) is 14.6 Å². The van der Waals surface area contributed by atoms with Gasteiger partial charge in [0.1, 0.15) is 11.5 Å². The SMILES string of the molecule is COCCCCS(=O)(=O)c1ccc(Oc2cc(O)c3c(c2O)C(=O)c2ccccc2C3=O)cc1. The van der Waals surface area contributed by atoms with Crippen molar-refractivity contribution in [3.63, 3.8) is 0 Å². The lowest BCUT2D eigenvalue weighted by molar-refractivity contribution is 0.0973. The van der Waals surface area contributed by atoms with E-state index in [-0.39, 0.29) is 44.4 Å². The van der Waals surface area contributed by atoms with Crippen LogP contribution in [0.5, 0.6) is 23.0 Å². The van der Waals surface area contributed by atoms with Crippen LogP contribution in [0.2, 0.25) is 0 Å². The van der Waals surface area contributed by atoms with Crippen molar-refractivity contribution < 1.29 is 37.7 Å². The number of aromatic hydroxyl groups is 2. The summed E-state index contributed by atoms with van der Waals surface area (Å²) in [5.74, 6) is -2.38. The number of carbonyl (C=O) groups is 2. The van der Waals surface area contributed by atoms with Gasteiger partial charge in [-0.1, -0.05) is 24.3 Å². The van der Waals surface area contributed by atoms with Crippen LogP contribution in [0.4, 0.5) is 0 Å². The third-order valence-electron chi connectivity index (χ3n) is 5.54. The van der Waals surface area contributed by atoms with Crippen molar-refractivity contribution in [3.05, 3.63) is 76.9 Å². The third kappa shape index (κ3) is 4.27. The van der Waals surface area contributed by atoms with Gasteiger partial charge < -0.3 is 19.7 Å². The highest BCUT2D eigenvalue weighted by Crippen LogP contribution is 2.44. The molecule has 4 rings (SSSR count). The third-order valence-corrected chi connectivity index (χ3v) is 7.35. The molecule has 0 saturated heterocycles. The van der Waals surface area contributed by atoms with Crippen LogP contribution in [0.3, 0.4) is 0 Å². The van der Waals surface area contributed by atoms with Gasteiger partial charge in [0, 0.05) is 30.9 Å². The van der Waals surface area contributed by atoms with E-state index < -0.39 is 32.9 Å². The van der Waals surface area contributed by atoms with Crippen molar-refractivity contribution >= 4 is 21.4 Å². The maximum absolute atomic E-state index is 13.0. The summed E-state index contributed by atoms with van der Waals surface area (Å²) in [6.45, 7) is 0.485. The van der Waals surface area contributed by atoms with E-state index in [0.717, 1.165) is 6.07 Å². The Labute approximate surface area is 196 Å². The van der Waals surface area contributed by atoms with Gasteiger partial charge in [-0.05, 0) is 37.1 Å². The number of rotatable bonds is 8. The zero-order chi connectivity index (χ0) is 24.5. The first-order valence-corrected chi connectivity index (χ1v) is 12.2. The van der Waals surface area contributed by atoms with E-state index in [2.05, 4.69) is 0 Å². The molecule has 34 heavy (non-hydrogen) atoms. The lowest BCUT2D eigenvalue weighted by Gasteiger charge is -2.21. The number of benzene rings is 3. The van der Waals surface area contributed by atoms with Gasteiger partial charge in [-0.3, -0.25) is 9.59 Å². The van der Waals surface area contributed by atoms with E-state index in [9.17, 15) is 28.2 Å². The highest BCUT2D eigenvalue weighted by molar-refractivity contribution is 7.91. The van der Waals surface area contributed by atoms with Gasteiger partial charge in [-0.2, -0.15) is 0 Å². The van der Waals surface area contributed by atoms with Crippen LogP contribution in [0.15, 0.2) is 59.5 Å². The monoisotopic (exact) mass is 482 g/mol. The Morgan fingerprint density at radius 2 is 1.47 bits per heavy atom. The molecule has 0 unspecified atom stereocenters. The number of hydrogen-bond donors (Lipinski definition) is 2. The second-order valence-corrected chi connectivity index (χ2v) is 9.90. The molecule has 0 spiro atoms. The number of carbonyl (C=O) groups excluding carboxylic acids is 2. The Hall–Kier alpha value is -3.69. The van der Waals surface area contributed by atoms with Crippen LogP contribution in [0.1, 0.15) is 44.7 Å². The molecule has 0 aliphatic heterocycles. The number of ketones is 2. The Morgan fingerprint density at radius 1 is 0.853 bits per heavy atom. The summed E-state index contributed by atoms with van der Waals surface area (Å²) in [4.78, 5) is 25.9. The molecule has 0 bridgehead atoms. The van der Waals surface area contributed by atoms with Crippen molar-refractivity contribution in [1.82, 2.24) is 0 Å². The number of ether oxygens (including phenoxy) is 2. The highest BCUT2D eigenvalue weighted by atomic mass is 32.2. The molecule has 3 aromatic rings. The van der Waals surface area contributed by atoms with Gasteiger partial charge in [-0.25, -0.2) is 8.42 Å². The van der Waals surface area contributed by atoms with Crippen molar-refractivity contribution in [3.8, 4) is 23.0 Å². The molecule has 0 saturated carbocycles. The fourth-order valence-corrected chi connectivity index (χ4v) is 5.18. The van der Waals surface area contributed by atoms with E-state index in [4.69, 9.17) is 9.47 Å². The van der Waals surface area contributed by atoms with E-state index in [0.29, 0.717) is 19.4 Å². The highest BCUT2D eigenvalue weighted by Gasteiger charge is 2.36. The lowest BCUT2D eigenvalue weighted by atomic mass is 9.83. The minimum absolute atomic E-state index is 0.0202. The average Bonchev–Trinajstić information content (AvgIpc) is 2.83. The number of unbranched alkanes of at least 4 members (excludes halogenated alkanes) is 1. The van der Waals surface area contributed by atoms with Crippen LogP contribution >= 0.6 is 0 Å². The Kier molecular flexibility index (Phi) is 6.41. The molecule has 1 aliphatic carbocycles.